The minimum atomic E-state index is -0.0240. The highest BCUT2D eigenvalue weighted by molar-refractivity contribution is 5.38. The molecule has 0 saturated carbocycles. The number of nitrogens with two attached hydrogens (primary N) is 1. The summed E-state index contributed by atoms with van der Waals surface area (Å²) in [5, 5.41) is 0. The van der Waals surface area contributed by atoms with Gasteiger partial charge in [0, 0.05) is 24.0 Å². The molecule has 0 spiro atoms. The molecule has 1 aromatic heterocycles. The quantitative estimate of drug-likeness (QED) is 0.602. The van der Waals surface area contributed by atoms with Gasteiger partial charge in [-0.3, -0.25) is 4.98 Å². The van der Waals surface area contributed by atoms with E-state index in [2.05, 4.69) is 10.9 Å². The number of rotatable bonds is 1. The van der Waals surface area contributed by atoms with E-state index in [1.54, 1.807) is 12.4 Å². The van der Waals surface area contributed by atoms with Crippen LogP contribution in [0.25, 0.3) is 0 Å². The van der Waals surface area contributed by atoms with Crippen molar-refractivity contribution in [2.24, 2.45) is 5.73 Å². The third-order valence-electron chi connectivity index (χ3n) is 1.50. The summed E-state index contributed by atoms with van der Waals surface area (Å²) in [5.41, 5.74) is 7.42. The fourth-order valence-electron chi connectivity index (χ4n) is 0.923. The van der Waals surface area contributed by atoms with Gasteiger partial charge in [0.1, 0.15) is 0 Å². The van der Waals surface area contributed by atoms with Gasteiger partial charge >= 0.3 is 0 Å². The molecule has 1 rings (SSSR count). The van der Waals surface area contributed by atoms with Crippen LogP contribution in [0.2, 0.25) is 0 Å². The maximum atomic E-state index is 5.67. The largest absolute Gasteiger partial charge is 0.324 e. The van der Waals surface area contributed by atoms with E-state index in [-0.39, 0.29) is 6.04 Å². The zero-order chi connectivity index (χ0) is 8.27. The molecular weight excluding hydrogens is 136 g/mol. The summed E-state index contributed by atoms with van der Waals surface area (Å²) in [5.74, 6) is 2.53. The van der Waals surface area contributed by atoms with Gasteiger partial charge in [-0.25, -0.2) is 0 Å². The summed E-state index contributed by atoms with van der Waals surface area (Å²) in [6.45, 7) is 1.90. The van der Waals surface area contributed by atoms with Crippen LogP contribution in [0.15, 0.2) is 18.5 Å². The topological polar surface area (TPSA) is 38.9 Å². The molecule has 0 saturated heterocycles. The van der Waals surface area contributed by atoms with Gasteiger partial charge in [-0.2, -0.15) is 0 Å². The molecule has 11 heavy (non-hydrogen) atoms. The van der Waals surface area contributed by atoms with Gasteiger partial charge < -0.3 is 5.73 Å². The molecule has 1 atom stereocenters. The van der Waals surface area contributed by atoms with E-state index in [1.807, 2.05) is 13.0 Å². The molecule has 2 N–H and O–H groups in total. The van der Waals surface area contributed by atoms with Gasteiger partial charge in [-0.15, -0.1) is 6.42 Å². The van der Waals surface area contributed by atoms with Crippen LogP contribution >= 0.6 is 0 Å². The summed E-state index contributed by atoms with van der Waals surface area (Å²) < 4.78 is 0. The molecule has 0 amide bonds. The van der Waals surface area contributed by atoms with Crippen LogP contribution in [0, 0.1) is 12.3 Å². The van der Waals surface area contributed by atoms with Crippen molar-refractivity contribution in [2.75, 3.05) is 0 Å². The monoisotopic (exact) mass is 146 g/mol. The molecule has 0 radical (unpaired) electrons. The van der Waals surface area contributed by atoms with Crippen LogP contribution in [-0.2, 0) is 0 Å². The van der Waals surface area contributed by atoms with Crippen molar-refractivity contribution in [3.8, 4) is 12.3 Å². The van der Waals surface area contributed by atoms with Gasteiger partial charge in [-0.1, -0.05) is 5.92 Å². The van der Waals surface area contributed by atoms with E-state index in [1.165, 1.54) is 0 Å². The SMILES string of the molecule is C#Cc1cnccc1[C@H](C)N. The van der Waals surface area contributed by atoms with Crippen molar-refractivity contribution in [1.82, 2.24) is 4.98 Å². The molecule has 56 valence electrons. The van der Waals surface area contributed by atoms with Crippen molar-refractivity contribution in [2.45, 2.75) is 13.0 Å². The summed E-state index contributed by atoms with van der Waals surface area (Å²) >= 11 is 0. The lowest BCUT2D eigenvalue weighted by molar-refractivity contribution is 0.812. The predicted octanol–water partition coefficient (Wildman–Crippen LogP) is 1.08. The lowest BCUT2D eigenvalue weighted by Crippen LogP contribution is -2.07. The molecule has 2 heteroatoms. The van der Waals surface area contributed by atoms with E-state index < -0.39 is 0 Å². The van der Waals surface area contributed by atoms with E-state index in [4.69, 9.17) is 12.2 Å². The average molecular weight is 146 g/mol. The normalized spacial score (nSPS) is 12.1. The van der Waals surface area contributed by atoms with Gasteiger partial charge in [0.05, 0.1) is 0 Å². The Hall–Kier alpha value is -1.33. The number of nitrogens with zero attached hydrogens (tertiary/aromatic N) is 1. The van der Waals surface area contributed by atoms with E-state index in [0.29, 0.717) is 0 Å². The minimum Gasteiger partial charge on any atom is -0.324 e. The molecule has 1 heterocycles. The third-order valence-corrected chi connectivity index (χ3v) is 1.50. The Morgan fingerprint density at radius 2 is 2.45 bits per heavy atom. The maximum absolute atomic E-state index is 5.67. The summed E-state index contributed by atoms with van der Waals surface area (Å²) in [6, 6.07) is 1.82. The van der Waals surface area contributed by atoms with Gasteiger partial charge in [0.25, 0.3) is 0 Å². The van der Waals surface area contributed by atoms with Crippen LogP contribution in [0.1, 0.15) is 24.1 Å². The van der Waals surface area contributed by atoms with Crippen molar-refractivity contribution in [3.05, 3.63) is 29.6 Å². The van der Waals surface area contributed by atoms with Crippen LogP contribution in [0.5, 0.6) is 0 Å². The first-order valence-electron chi connectivity index (χ1n) is 3.42. The number of aromatic nitrogens is 1. The Kier molecular flexibility index (Phi) is 2.25. The van der Waals surface area contributed by atoms with E-state index >= 15 is 0 Å². The molecule has 2 nitrogen and oxygen atoms in total. The number of terminal acetylenes is 1. The predicted molar refractivity (Wildman–Crippen MR) is 44.8 cm³/mol. The number of hydrogen-bond acceptors (Lipinski definition) is 2. The first kappa shape index (κ1) is 7.77. The molecule has 1 aromatic rings. The highest BCUT2D eigenvalue weighted by atomic mass is 14.6. The van der Waals surface area contributed by atoms with Crippen LogP contribution in [0.4, 0.5) is 0 Å². The van der Waals surface area contributed by atoms with Crippen LogP contribution < -0.4 is 5.73 Å². The van der Waals surface area contributed by atoms with Crippen LogP contribution in [-0.4, -0.2) is 4.98 Å². The van der Waals surface area contributed by atoms with E-state index in [0.717, 1.165) is 11.1 Å². The van der Waals surface area contributed by atoms with Gasteiger partial charge in [-0.05, 0) is 18.6 Å². The van der Waals surface area contributed by atoms with Crippen LogP contribution in [0.3, 0.4) is 0 Å². The molecule has 0 bridgehead atoms. The Morgan fingerprint density at radius 3 is 2.91 bits per heavy atom. The van der Waals surface area contributed by atoms with Crippen molar-refractivity contribution in [3.63, 3.8) is 0 Å². The summed E-state index contributed by atoms with van der Waals surface area (Å²) in [6.07, 6.45) is 8.59. The number of hydrogen-bond donors (Lipinski definition) is 1. The molecular formula is C9H10N2. The third kappa shape index (κ3) is 1.57. The molecule has 0 aliphatic heterocycles. The fraction of sp³-hybridized carbons (Fsp3) is 0.222. The van der Waals surface area contributed by atoms with Crippen molar-refractivity contribution < 1.29 is 0 Å². The van der Waals surface area contributed by atoms with Crippen molar-refractivity contribution in [1.29, 1.82) is 0 Å². The maximum Gasteiger partial charge on any atom is 0.0473 e. The Morgan fingerprint density at radius 1 is 1.73 bits per heavy atom. The Balaban J connectivity index is 3.15. The Bertz CT molecular complexity index is 284. The lowest BCUT2D eigenvalue weighted by atomic mass is 10.1. The van der Waals surface area contributed by atoms with E-state index in [9.17, 15) is 0 Å². The molecule has 0 unspecified atom stereocenters. The average Bonchev–Trinajstić information content (AvgIpc) is 2.04. The highest BCUT2D eigenvalue weighted by Gasteiger charge is 2.02. The highest BCUT2D eigenvalue weighted by Crippen LogP contribution is 2.12. The first-order chi connectivity index (χ1) is 5.25. The second-order valence-corrected chi connectivity index (χ2v) is 2.40. The standard InChI is InChI=1S/C9H10N2/c1-3-8-6-11-5-4-9(8)7(2)10/h1,4-7H,10H2,2H3/t7-/m0/s1. The molecule has 0 aromatic carbocycles. The minimum absolute atomic E-state index is 0.0240. The lowest BCUT2D eigenvalue weighted by Gasteiger charge is -2.06. The van der Waals surface area contributed by atoms with Crippen molar-refractivity contribution >= 4 is 0 Å². The van der Waals surface area contributed by atoms with Gasteiger partial charge in [0.2, 0.25) is 0 Å². The Labute approximate surface area is 66.4 Å². The zero-order valence-corrected chi connectivity index (χ0v) is 6.41. The smallest absolute Gasteiger partial charge is 0.0473 e. The molecule has 0 fully saturated rings. The number of pyridine rings is 1. The summed E-state index contributed by atoms with van der Waals surface area (Å²) in [4.78, 5) is 3.90. The van der Waals surface area contributed by atoms with Gasteiger partial charge in [0.15, 0.2) is 0 Å². The molecule has 0 aliphatic rings. The fourth-order valence-corrected chi connectivity index (χ4v) is 0.923. The second-order valence-electron chi connectivity index (χ2n) is 2.40. The zero-order valence-electron chi connectivity index (χ0n) is 6.41. The summed E-state index contributed by atoms with van der Waals surface area (Å²) in [7, 11) is 0. The second kappa shape index (κ2) is 3.18. The molecule has 0 aliphatic carbocycles. The first-order valence-corrected chi connectivity index (χ1v) is 3.42.